The van der Waals surface area contributed by atoms with Crippen LogP contribution in [0.2, 0.25) is 10.0 Å². The Morgan fingerprint density at radius 2 is 1.90 bits per heavy atom. The molecule has 1 aromatic carbocycles. The van der Waals surface area contributed by atoms with E-state index in [4.69, 9.17) is 23.2 Å². The Kier molecular flexibility index (Phi) is 6.05. The molecule has 4 nitrogen and oxygen atoms in total. The summed E-state index contributed by atoms with van der Waals surface area (Å²) in [4.78, 5) is 16.5. The molecular formula is C14H18Cl2N2O2S. The van der Waals surface area contributed by atoms with Crippen LogP contribution in [0.25, 0.3) is 0 Å². The van der Waals surface area contributed by atoms with Gasteiger partial charge in [-0.25, -0.2) is 0 Å². The van der Waals surface area contributed by atoms with E-state index in [0.717, 1.165) is 19.6 Å². The van der Waals surface area contributed by atoms with Crippen LogP contribution in [0, 0.1) is 0 Å². The number of hydrogen-bond acceptors (Lipinski definition) is 3. The number of piperazine rings is 1. The lowest BCUT2D eigenvalue weighted by molar-refractivity contribution is 0.0644. The smallest absolute Gasteiger partial charge is 0.255 e. The fourth-order valence-corrected chi connectivity index (χ4v) is 3.17. The molecule has 0 radical (unpaired) electrons. The molecule has 1 aromatic rings. The van der Waals surface area contributed by atoms with Gasteiger partial charge in [0.2, 0.25) is 0 Å². The molecule has 0 unspecified atom stereocenters. The average Bonchev–Trinajstić information content (AvgIpc) is 2.48. The third-order valence-corrected chi connectivity index (χ3v) is 5.11. The molecule has 0 spiro atoms. The van der Waals surface area contributed by atoms with Gasteiger partial charge in [0.05, 0.1) is 15.6 Å². The summed E-state index contributed by atoms with van der Waals surface area (Å²) in [6.07, 6.45) is 1.71. The van der Waals surface area contributed by atoms with Crippen LogP contribution in [-0.4, -0.2) is 64.6 Å². The third kappa shape index (κ3) is 4.42. The molecule has 7 heteroatoms. The second-order valence-electron chi connectivity index (χ2n) is 5.01. The standard InChI is InChI=1S/C14H18Cl2N2O2S/c1-21(20)10-9-17-5-7-18(8-6-17)14(19)11-3-2-4-12(15)13(11)16/h2-4H,5-10H2,1H3/t21-/m0/s1. The highest BCUT2D eigenvalue weighted by molar-refractivity contribution is 7.84. The first-order valence-corrected chi connectivity index (χ1v) is 9.23. The van der Waals surface area contributed by atoms with Crippen LogP contribution in [0.1, 0.15) is 10.4 Å². The topological polar surface area (TPSA) is 40.6 Å². The molecular weight excluding hydrogens is 331 g/mol. The summed E-state index contributed by atoms with van der Waals surface area (Å²) in [5, 5.41) is 0.708. The number of benzene rings is 1. The van der Waals surface area contributed by atoms with E-state index >= 15 is 0 Å². The molecule has 1 aliphatic heterocycles. The SMILES string of the molecule is C[S@](=O)CCN1CCN(C(=O)c2cccc(Cl)c2Cl)CC1. The maximum Gasteiger partial charge on any atom is 0.255 e. The van der Waals surface area contributed by atoms with Gasteiger partial charge in [-0.3, -0.25) is 13.9 Å². The van der Waals surface area contributed by atoms with Gasteiger partial charge in [0.1, 0.15) is 0 Å². The summed E-state index contributed by atoms with van der Waals surface area (Å²) in [5.41, 5.74) is 0.451. The van der Waals surface area contributed by atoms with Crippen molar-refractivity contribution >= 4 is 39.9 Å². The van der Waals surface area contributed by atoms with Gasteiger partial charge in [-0.15, -0.1) is 0 Å². The zero-order valence-electron chi connectivity index (χ0n) is 11.8. The number of amides is 1. The van der Waals surface area contributed by atoms with Crippen molar-refractivity contribution in [3.05, 3.63) is 33.8 Å². The van der Waals surface area contributed by atoms with Gasteiger partial charge in [0, 0.05) is 55.5 Å². The van der Waals surface area contributed by atoms with Crippen molar-refractivity contribution in [2.24, 2.45) is 0 Å². The number of carbonyl (C=O) groups excluding carboxylic acids is 1. The third-order valence-electron chi connectivity index (χ3n) is 3.54. The van der Waals surface area contributed by atoms with Crippen molar-refractivity contribution in [1.82, 2.24) is 9.80 Å². The zero-order chi connectivity index (χ0) is 15.4. The Labute approximate surface area is 137 Å². The number of carbonyl (C=O) groups is 1. The van der Waals surface area contributed by atoms with Crippen molar-refractivity contribution in [3.63, 3.8) is 0 Å². The summed E-state index contributed by atoms with van der Waals surface area (Å²) < 4.78 is 11.1. The minimum absolute atomic E-state index is 0.0822. The van der Waals surface area contributed by atoms with Gasteiger partial charge < -0.3 is 4.90 Å². The van der Waals surface area contributed by atoms with Crippen LogP contribution >= 0.6 is 23.2 Å². The van der Waals surface area contributed by atoms with Gasteiger partial charge in [0.15, 0.2) is 0 Å². The summed E-state index contributed by atoms with van der Waals surface area (Å²) in [7, 11) is -0.775. The second-order valence-corrected chi connectivity index (χ2v) is 7.35. The second kappa shape index (κ2) is 7.58. The molecule has 1 fully saturated rings. The van der Waals surface area contributed by atoms with E-state index in [0.29, 0.717) is 34.5 Å². The molecule has 0 N–H and O–H groups in total. The molecule has 116 valence electrons. The van der Waals surface area contributed by atoms with Crippen LogP contribution in [-0.2, 0) is 10.8 Å². The van der Waals surface area contributed by atoms with Gasteiger partial charge in [-0.05, 0) is 12.1 Å². The Bertz CT molecular complexity index is 546. The largest absolute Gasteiger partial charge is 0.336 e. The van der Waals surface area contributed by atoms with Crippen LogP contribution in [0.15, 0.2) is 18.2 Å². The summed E-state index contributed by atoms with van der Waals surface area (Å²) in [6, 6.07) is 5.10. The van der Waals surface area contributed by atoms with Crippen LogP contribution < -0.4 is 0 Å². The van der Waals surface area contributed by atoms with Crippen molar-refractivity contribution in [3.8, 4) is 0 Å². The monoisotopic (exact) mass is 348 g/mol. The molecule has 0 aromatic heterocycles. The normalized spacial score (nSPS) is 17.8. The lowest BCUT2D eigenvalue weighted by Gasteiger charge is -2.34. The molecule has 1 heterocycles. The van der Waals surface area contributed by atoms with E-state index in [2.05, 4.69) is 4.90 Å². The van der Waals surface area contributed by atoms with E-state index in [-0.39, 0.29) is 5.91 Å². The summed E-state index contributed by atoms with van der Waals surface area (Å²) >= 11 is 12.0. The Morgan fingerprint density at radius 1 is 1.24 bits per heavy atom. The maximum atomic E-state index is 12.5. The van der Waals surface area contributed by atoms with Gasteiger partial charge in [-0.2, -0.15) is 0 Å². The van der Waals surface area contributed by atoms with Crippen molar-refractivity contribution in [2.75, 3.05) is 44.7 Å². The van der Waals surface area contributed by atoms with E-state index in [1.807, 2.05) is 0 Å². The Balaban J connectivity index is 1.94. The molecule has 21 heavy (non-hydrogen) atoms. The number of nitrogens with zero attached hydrogens (tertiary/aromatic N) is 2. The lowest BCUT2D eigenvalue weighted by Crippen LogP contribution is -2.49. The van der Waals surface area contributed by atoms with Crippen LogP contribution in [0.5, 0.6) is 0 Å². The summed E-state index contributed by atoms with van der Waals surface area (Å²) in [5.74, 6) is 0.592. The molecule has 1 aliphatic rings. The van der Waals surface area contributed by atoms with Crippen molar-refractivity contribution in [2.45, 2.75) is 0 Å². The fourth-order valence-electron chi connectivity index (χ4n) is 2.27. The van der Waals surface area contributed by atoms with E-state index in [1.165, 1.54) is 0 Å². The first kappa shape index (κ1) is 16.7. The molecule has 0 aliphatic carbocycles. The molecule has 1 saturated heterocycles. The first-order chi connectivity index (χ1) is 9.99. The Morgan fingerprint density at radius 3 is 2.52 bits per heavy atom. The predicted octanol–water partition coefficient (Wildman–Crippen LogP) is 2.13. The quantitative estimate of drug-likeness (QED) is 0.836. The molecule has 1 atom stereocenters. The van der Waals surface area contributed by atoms with Crippen molar-refractivity contribution in [1.29, 1.82) is 0 Å². The fraction of sp³-hybridized carbons (Fsp3) is 0.500. The molecule has 1 amide bonds. The molecule has 2 rings (SSSR count). The number of halogens is 2. The zero-order valence-corrected chi connectivity index (χ0v) is 14.2. The van der Waals surface area contributed by atoms with Gasteiger partial charge in [-0.1, -0.05) is 29.3 Å². The Hall–Kier alpha value is -0.620. The van der Waals surface area contributed by atoms with E-state index < -0.39 is 10.8 Å². The number of rotatable bonds is 4. The van der Waals surface area contributed by atoms with Crippen LogP contribution in [0.4, 0.5) is 0 Å². The number of hydrogen-bond donors (Lipinski definition) is 0. The molecule has 0 saturated carbocycles. The van der Waals surface area contributed by atoms with E-state index in [9.17, 15) is 9.00 Å². The first-order valence-electron chi connectivity index (χ1n) is 6.74. The minimum Gasteiger partial charge on any atom is -0.336 e. The average molecular weight is 349 g/mol. The predicted molar refractivity (Wildman–Crippen MR) is 87.7 cm³/mol. The summed E-state index contributed by atoms with van der Waals surface area (Å²) in [6.45, 7) is 3.70. The van der Waals surface area contributed by atoms with Crippen molar-refractivity contribution < 1.29 is 9.00 Å². The lowest BCUT2D eigenvalue weighted by atomic mass is 10.2. The highest BCUT2D eigenvalue weighted by Crippen LogP contribution is 2.26. The van der Waals surface area contributed by atoms with Gasteiger partial charge in [0.25, 0.3) is 5.91 Å². The molecule has 0 bridgehead atoms. The van der Waals surface area contributed by atoms with E-state index in [1.54, 1.807) is 29.4 Å². The van der Waals surface area contributed by atoms with Crippen LogP contribution in [0.3, 0.4) is 0 Å². The highest BCUT2D eigenvalue weighted by atomic mass is 35.5. The maximum absolute atomic E-state index is 12.5. The minimum atomic E-state index is -0.775. The van der Waals surface area contributed by atoms with Gasteiger partial charge >= 0.3 is 0 Å². The highest BCUT2D eigenvalue weighted by Gasteiger charge is 2.24.